The molecule has 0 heterocycles. The summed E-state index contributed by atoms with van der Waals surface area (Å²) in [5.74, 6) is 1.72. The fourth-order valence-electron chi connectivity index (χ4n) is 2.82. The zero-order valence-electron chi connectivity index (χ0n) is 12.8. The van der Waals surface area contributed by atoms with Crippen molar-refractivity contribution in [2.45, 2.75) is 65.3 Å². The van der Waals surface area contributed by atoms with E-state index >= 15 is 0 Å². The van der Waals surface area contributed by atoms with Crippen molar-refractivity contribution in [3.63, 3.8) is 0 Å². The molecule has 1 unspecified atom stereocenters. The van der Waals surface area contributed by atoms with Crippen molar-refractivity contribution in [3.05, 3.63) is 0 Å². The Balaban J connectivity index is 2.54. The maximum absolute atomic E-state index is 12.2. The van der Waals surface area contributed by atoms with Crippen molar-refractivity contribution < 1.29 is 8.42 Å². The summed E-state index contributed by atoms with van der Waals surface area (Å²) in [5.41, 5.74) is 0. The van der Waals surface area contributed by atoms with Crippen LogP contribution in [0.4, 0.5) is 0 Å². The van der Waals surface area contributed by atoms with E-state index in [2.05, 4.69) is 26.1 Å². The van der Waals surface area contributed by atoms with Gasteiger partial charge < -0.3 is 5.32 Å². The van der Waals surface area contributed by atoms with Gasteiger partial charge in [-0.25, -0.2) is 8.42 Å². The van der Waals surface area contributed by atoms with E-state index in [1.165, 1.54) is 25.7 Å². The van der Waals surface area contributed by atoms with Gasteiger partial charge in [0.1, 0.15) is 0 Å². The summed E-state index contributed by atoms with van der Waals surface area (Å²) in [6.45, 7) is 7.23. The Morgan fingerprint density at radius 2 is 1.84 bits per heavy atom. The first kappa shape index (κ1) is 17.0. The summed E-state index contributed by atoms with van der Waals surface area (Å²) in [6.07, 6.45) is 6.77. The van der Waals surface area contributed by atoms with E-state index in [1.54, 1.807) is 0 Å². The lowest BCUT2D eigenvalue weighted by molar-refractivity contribution is 0.382. The largest absolute Gasteiger partial charge is 0.313 e. The highest BCUT2D eigenvalue weighted by molar-refractivity contribution is 7.91. The third-order valence-electron chi connectivity index (χ3n) is 4.07. The quantitative estimate of drug-likeness (QED) is 0.710. The normalized spacial score (nSPS) is 19.2. The van der Waals surface area contributed by atoms with E-state index in [0.29, 0.717) is 23.3 Å². The number of nitrogens with one attached hydrogen (secondary N) is 1. The molecule has 0 bridgehead atoms. The molecule has 1 aliphatic carbocycles. The van der Waals surface area contributed by atoms with Crippen LogP contribution in [0.15, 0.2) is 0 Å². The molecule has 1 fully saturated rings. The predicted octanol–water partition coefficient (Wildman–Crippen LogP) is 3.01. The van der Waals surface area contributed by atoms with Crippen LogP contribution in [0.3, 0.4) is 0 Å². The lowest BCUT2D eigenvalue weighted by Gasteiger charge is -2.24. The van der Waals surface area contributed by atoms with Gasteiger partial charge in [0.05, 0.1) is 11.5 Å². The summed E-state index contributed by atoms with van der Waals surface area (Å²) in [5, 5.41) is 3.48. The van der Waals surface area contributed by atoms with Gasteiger partial charge in [-0.15, -0.1) is 0 Å². The van der Waals surface area contributed by atoms with Gasteiger partial charge in [0.2, 0.25) is 0 Å². The van der Waals surface area contributed by atoms with Gasteiger partial charge in [-0.2, -0.15) is 0 Å². The maximum atomic E-state index is 12.2. The number of hydrogen-bond acceptors (Lipinski definition) is 3. The van der Waals surface area contributed by atoms with Crippen LogP contribution in [0.2, 0.25) is 0 Å². The predicted molar refractivity (Wildman–Crippen MR) is 82.1 cm³/mol. The third kappa shape index (κ3) is 6.75. The smallest absolute Gasteiger partial charge is 0.151 e. The summed E-state index contributed by atoms with van der Waals surface area (Å²) in [4.78, 5) is 0. The molecular formula is C15H31NO2S. The molecule has 1 aliphatic rings. The Hall–Kier alpha value is -0.0900. The topological polar surface area (TPSA) is 46.2 Å². The molecule has 0 aliphatic heterocycles. The van der Waals surface area contributed by atoms with Crippen LogP contribution in [0.5, 0.6) is 0 Å². The lowest BCUT2D eigenvalue weighted by atomic mass is 10.00. The highest BCUT2D eigenvalue weighted by Gasteiger charge is 2.28. The fourth-order valence-corrected chi connectivity index (χ4v) is 4.76. The first-order valence-electron chi connectivity index (χ1n) is 7.88. The van der Waals surface area contributed by atoms with Crippen molar-refractivity contribution in [2.24, 2.45) is 11.8 Å². The van der Waals surface area contributed by atoms with Crippen molar-refractivity contribution >= 4 is 9.84 Å². The molecule has 0 aromatic carbocycles. The number of rotatable bonds is 9. The Bertz CT molecular complexity index is 332. The van der Waals surface area contributed by atoms with Crippen molar-refractivity contribution in [1.29, 1.82) is 0 Å². The van der Waals surface area contributed by atoms with Gasteiger partial charge in [0, 0.05) is 6.04 Å². The average Bonchev–Trinajstić information content (AvgIpc) is 2.86. The molecule has 1 N–H and O–H groups in total. The lowest BCUT2D eigenvalue weighted by Crippen LogP contribution is -2.41. The van der Waals surface area contributed by atoms with E-state index in [0.717, 1.165) is 19.4 Å². The van der Waals surface area contributed by atoms with Gasteiger partial charge >= 0.3 is 0 Å². The van der Waals surface area contributed by atoms with Gasteiger partial charge in [-0.3, -0.25) is 0 Å². The van der Waals surface area contributed by atoms with E-state index in [-0.39, 0.29) is 6.04 Å². The first-order chi connectivity index (χ1) is 8.94. The van der Waals surface area contributed by atoms with Gasteiger partial charge in [0.15, 0.2) is 9.84 Å². The van der Waals surface area contributed by atoms with Crippen molar-refractivity contribution in [1.82, 2.24) is 5.32 Å². The molecule has 0 aromatic rings. The van der Waals surface area contributed by atoms with E-state index in [9.17, 15) is 8.42 Å². The van der Waals surface area contributed by atoms with E-state index in [1.807, 2.05) is 0 Å². The molecule has 4 heteroatoms. The first-order valence-corrected chi connectivity index (χ1v) is 9.70. The van der Waals surface area contributed by atoms with Gasteiger partial charge in [0.25, 0.3) is 0 Å². The molecule has 1 saturated carbocycles. The molecule has 3 nitrogen and oxygen atoms in total. The third-order valence-corrected chi connectivity index (χ3v) is 5.79. The van der Waals surface area contributed by atoms with Crippen LogP contribution in [0.1, 0.15) is 59.3 Å². The standard InChI is InChI=1S/C15H31NO2S/c1-4-10-16-15(14-7-5-6-8-14)12-19(17,18)11-9-13(2)3/h13-16H,4-12H2,1-3H3. The SMILES string of the molecule is CCCNC(CS(=O)(=O)CCC(C)C)C1CCCC1. The highest BCUT2D eigenvalue weighted by Crippen LogP contribution is 2.28. The van der Waals surface area contributed by atoms with Crippen LogP contribution in [-0.2, 0) is 9.84 Å². The molecule has 1 rings (SSSR count). The Kier molecular flexibility index (Phi) is 7.37. The van der Waals surface area contributed by atoms with Gasteiger partial charge in [-0.05, 0) is 44.1 Å². The Morgan fingerprint density at radius 1 is 1.21 bits per heavy atom. The van der Waals surface area contributed by atoms with Crippen molar-refractivity contribution in [2.75, 3.05) is 18.1 Å². The molecular weight excluding hydrogens is 258 g/mol. The highest BCUT2D eigenvalue weighted by atomic mass is 32.2. The summed E-state index contributed by atoms with van der Waals surface area (Å²) in [7, 11) is -2.91. The zero-order chi connectivity index (χ0) is 14.3. The number of hydrogen-bond donors (Lipinski definition) is 1. The molecule has 0 saturated heterocycles. The van der Waals surface area contributed by atoms with Crippen LogP contribution >= 0.6 is 0 Å². The fraction of sp³-hybridized carbons (Fsp3) is 1.00. The van der Waals surface area contributed by atoms with E-state index < -0.39 is 9.84 Å². The number of sulfone groups is 1. The van der Waals surface area contributed by atoms with Crippen LogP contribution < -0.4 is 5.32 Å². The second kappa shape index (κ2) is 8.25. The van der Waals surface area contributed by atoms with Gasteiger partial charge in [-0.1, -0.05) is 33.6 Å². The minimum atomic E-state index is -2.91. The summed E-state index contributed by atoms with van der Waals surface area (Å²) < 4.78 is 24.5. The average molecular weight is 289 g/mol. The van der Waals surface area contributed by atoms with Crippen LogP contribution in [-0.4, -0.2) is 32.5 Å². The molecule has 1 atom stereocenters. The molecule has 19 heavy (non-hydrogen) atoms. The second-order valence-corrected chi connectivity index (χ2v) is 8.63. The molecule has 0 amide bonds. The zero-order valence-corrected chi connectivity index (χ0v) is 13.6. The molecule has 0 spiro atoms. The summed E-state index contributed by atoms with van der Waals surface area (Å²) >= 11 is 0. The maximum Gasteiger partial charge on any atom is 0.151 e. The second-order valence-electron chi connectivity index (χ2n) is 6.40. The van der Waals surface area contributed by atoms with Crippen LogP contribution in [0, 0.1) is 11.8 Å². The monoisotopic (exact) mass is 289 g/mol. The molecule has 114 valence electrons. The van der Waals surface area contributed by atoms with E-state index in [4.69, 9.17) is 0 Å². The minimum Gasteiger partial charge on any atom is -0.313 e. The molecule has 0 aromatic heterocycles. The minimum absolute atomic E-state index is 0.180. The van der Waals surface area contributed by atoms with Crippen molar-refractivity contribution in [3.8, 4) is 0 Å². The molecule has 0 radical (unpaired) electrons. The summed E-state index contributed by atoms with van der Waals surface area (Å²) in [6, 6.07) is 0.180. The Morgan fingerprint density at radius 3 is 2.37 bits per heavy atom. The van der Waals surface area contributed by atoms with Crippen LogP contribution in [0.25, 0.3) is 0 Å². The Labute approximate surface area is 119 Å².